The highest BCUT2D eigenvalue weighted by Gasteiger charge is 2.52. The maximum Gasteiger partial charge on any atom is 0.417 e. The third-order valence-corrected chi connectivity index (χ3v) is 8.34. The number of likely N-dealkylation sites (tertiary alicyclic amines) is 1. The van der Waals surface area contributed by atoms with Crippen molar-refractivity contribution in [3.63, 3.8) is 0 Å². The van der Waals surface area contributed by atoms with E-state index in [1.165, 1.54) is 6.92 Å². The standard InChI is InChI=1S/C26H31F6N5O5/c1-14-22(41)36(9-2-3-20(39)35-10-8-24(6-7-24)19(38)13-35)18(21(33)40)12-37(14)23(42)34-15-4-5-16(25(27,28)29)17(11-15)26(30,31)32/h4-5,11,14,18-19,38H,2-3,6-10,12-13H2,1H3,(H2,33,40)(H,34,42)/t14-,18-,19+/m0/s1. The van der Waals surface area contributed by atoms with E-state index in [0.29, 0.717) is 19.0 Å². The summed E-state index contributed by atoms with van der Waals surface area (Å²) in [4.78, 5) is 54.5. The molecule has 10 nitrogen and oxygen atoms in total. The quantitative estimate of drug-likeness (QED) is 0.428. The normalized spacial score (nSPS) is 24.1. The molecule has 16 heteroatoms. The van der Waals surface area contributed by atoms with Gasteiger partial charge in [-0.1, -0.05) is 0 Å². The lowest BCUT2D eigenvalue weighted by Gasteiger charge is -2.43. The predicted molar refractivity (Wildman–Crippen MR) is 134 cm³/mol. The van der Waals surface area contributed by atoms with Crippen molar-refractivity contribution in [1.82, 2.24) is 14.7 Å². The first-order valence-corrected chi connectivity index (χ1v) is 13.4. The molecule has 3 atom stereocenters. The molecule has 0 radical (unpaired) electrons. The van der Waals surface area contributed by atoms with Gasteiger partial charge < -0.3 is 30.9 Å². The van der Waals surface area contributed by atoms with Crippen molar-refractivity contribution in [1.29, 1.82) is 0 Å². The monoisotopic (exact) mass is 607 g/mol. The maximum absolute atomic E-state index is 13.3. The van der Waals surface area contributed by atoms with Crippen molar-refractivity contribution < 1.29 is 50.6 Å². The number of hydrogen-bond acceptors (Lipinski definition) is 5. The zero-order valence-electron chi connectivity index (χ0n) is 22.6. The van der Waals surface area contributed by atoms with Crippen LogP contribution in [0.15, 0.2) is 18.2 Å². The fraction of sp³-hybridized carbons (Fsp3) is 0.615. The van der Waals surface area contributed by atoms with Crippen LogP contribution >= 0.6 is 0 Å². The van der Waals surface area contributed by atoms with Gasteiger partial charge in [-0.15, -0.1) is 0 Å². The van der Waals surface area contributed by atoms with E-state index in [2.05, 4.69) is 5.32 Å². The van der Waals surface area contributed by atoms with Crippen LogP contribution in [0.5, 0.6) is 0 Å². The minimum atomic E-state index is -5.37. The number of piperazine rings is 1. The molecule has 1 aromatic rings. The second-order valence-corrected chi connectivity index (χ2v) is 11.0. The predicted octanol–water partition coefficient (Wildman–Crippen LogP) is 2.80. The molecule has 3 fully saturated rings. The molecule has 0 unspecified atom stereocenters. The molecule has 232 valence electrons. The van der Waals surface area contributed by atoms with Crippen molar-refractivity contribution in [3.05, 3.63) is 29.3 Å². The Morgan fingerprint density at radius 1 is 1.05 bits per heavy atom. The van der Waals surface area contributed by atoms with Gasteiger partial charge in [-0.05, 0) is 56.2 Å². The zero-order chi connectivity index (χ0) is 31.2. The Bertz CT molecular complexity index is 1250. The Morgan fingerprint density at radius 3 is 2.24 bits per heavy atom. The maximum atomic E-state index is 13.3. The summed E-state index contributed by atoms with van der Waals surface area (Å²) >= 11 is 0. The number of nitrogens with one attached hydrogen (secondary N) is 1. The zero-order valence-corrected chi connectivity index (χ0v) is 22.6. The van der Waals surface area contributed by atoms with Gasteiger partial charge >= 0.3 is 18.4 Å². The van der Waals surface area contributed by atoms with Crippen molar-refractivity contribution >= 4 is 29.4 Å². The van der Waals surface area contributed by atoms with E-state index in [-0.39, 0.29) is 49.4 Å². The molecule has 0 aromatic heterocycles. The number of anilines is 1. The summed E-state index contributed by atoms with van der Waals surface area (Å²) in [5, 5.41) is 12.4. The van der Waals surface area contributed by atoms with Crippen LogP contribution in [0.25, 0.3) is 0 Å². The second kappa shape index (κ2) is 11.3. The summed E-state index contributed by atoms with van der Waals surface area (Å²) in [5.41, 5.74) is 0.861. The number of amides is 5. The number of piperidine rings is 1. The van der Waals surface area contributed by atoms with E-state index in [1.54, 1.807) is 4.90 Å². The van der Waals surface area contributed by atoms with Crippen LogP contribution in [0.1, 0.15) is 50.2 Å². The summed E-state index contributed by atoms with van der Waals surface area (Å²) in [6.07, 6.45) is -8.46. The minimum absolute atomic E-state index is 0.0308. The molecule has 4 N–H and O–H groups in total. The number of nitrogens with zero attached hydrogens (tertiary/aromatic N) is 3. The molecule has 1 aromatic carbocycles. The lowest BCUT2D eigenvalue weighted by Crippen LogP contribution is -2.66. The van der Waals surface area contributed by atoms with E-state index in [4.69, 9.17) is 5.73 Å². The van der Waals surface area contributed by atoms with Gasteiger partial charge in [-0.25, -0.2) is 4.79 Å². The number of urea groups is 1. The third-order valence-electron chi connectivity index (χ3n) is 8.34. The van der Waals surface area contributed by atoms with Gasteiger partial charge in [0.25, 0.3) is 0 Å². The molecule has 1 aliphatic carbocycles. The molecule has 3 aliphatic rings. The number of aliphatic hydroxyl groups is 1. The molecular formula is C26H31F6N5O5. The SMILES string of the molecule is C[C@H]1C(=O)N(CCCC(=O)N2CCC3(CC3)[C@H](O)C2)[C@H](C(N)=O)CN1C(=O)Nc1ccc(C(F)(F)F)c(C(F)(F)F)c1. The number of hydrogen-bond donors (Lipinski definition) is 3. The first-order valence-electron chi connectivity index (χ1n) is 13.4. The van der Waals surface area contributed by atoms with E-state index in [0.717, 1.165) is 22.6 Å². The van der Waals surface area contributed by atoms with Gasteiger partial charge in [0.15, 0.2) is 0 Å². The Labute approximate surface area is 236 Å². The first-order chi connectivity index (χ1) is 19.4. The van der Waals surface area contributed by atoms with Crippen molar-refractivity contribution in [2.75, 3.05) is 31.5 Å². The molecular weight excluding hydrogens is 576 g/mol. The van der Waals surface area contributed by atoms with E-state index in [9.17, 15) is 50.6 Å². The summed E-state index contributed by atoms with van der Waals surface area (Å²) in [5.74, 6) is -1.89. The summed E-state index contributed by atoms with van der Waals surface area (Å²) in [6, 6.07) is -2.68. The Hall–Kier alpha value is -3.56. The molecule has 2 aliphatic heterocycles. The van der Waals surface area contributed by atoms with Crippen LogP contribution < -0.4 is 11.1 Å². The van der Waals surface area contributed by atoms with Crippen LogP contribution in [0, 0.1) is 5.41 Å². The van der Waals surface area contributed by atoms with Gasteiger partial charge in [0, 0.05) is 31.7 Å². The number of nitrogens with two attached hydrogens (primary N) is 1. The topological polar surface area (TPSA) is 136 Å². The molecule has 42 heavy (non-hydrogen) atoms. The van der Waals surface area contributed by atoms with Crippen LogP contribution in [-0.2, 0) is 26.7 Å². The Morgan fingerprint density at radius 2 is 1.69 bits per heavy atom. The van der Waals surface area contributed by atoms with Gasteiger partial charge in [0.2, 0.25) is 17.7 Å². The van der Waals surface area contributed by atoms with Gasteiger partial charge in [0.1, 0.15) is 12.1 Å². The van der Waals surface area contributed by atoms with Crippen molar-refractivity contribution in [3.8, 4) is 0 Å². The van der Waals surface area contributed by atoms with Gasteiger partial charge in [0.05, 0.1) is 23.8 Å². The Balaban J connectivity index is 1.39. The van der Waals surface area contributed by atoms with Crippen LogP contribution in [0.3, 0.4) is 0 Å². The number of rotatable bonds is 6. The lowest BCUT2D eigenvalue weighted by molar-refractivity contribution is -0.162. The van der Waals surface area contributed by atoms with Gasteiger partial charge in [-0.3, -0.25) is 14.4 Å². The fourth-order valence-electron chi connectivity index (χ4n) is 5.58. The number of halogens is 6. The van der Waals surface area contributed by atoms with Crippen LogP contribution in [-0.4, -0.2) is 87.9 Å². The largest absolute Gasteiger partial charge is 0.417 e. The first kappa shape index (κ1) is 31.4. The van der Waals surface area contributed by atoms with Crippen molar-refractivity contribution in [2.24, 2.45) is 11.1 Å². The number of benzene rings is 1. The molecule has 2 heterocycles. The van der Waals surface area contributed by atoms with E-state index >= 15 is 0 Å². The molecule has 5 amide bonds. The lowest BCUT2D eigenvalue weighted by atomic mass is 9.90. The highest BCUT2D eigenvalue weighted by Crippen LogP contribution is 2.53. The van der Waals surface area contributed by atoms with Crippen LogP contribution in [0.2, 0.25) is 0 Å². The average Bonchev–Trinajstić information content (AvgIpc) is 3.67. The van der Waals surface area contributed by atoms with Crippen LogP contribution in [0.4, 0.5) is 36.8 Å². The molecule has 4 rings (SSSR count). The van der Waals surface area contributed by atoms with E-state index in [1.807, 2.05) is 0 Å². The minimum Gasteiger partial charge on any atom is -0.391 e. The molecule has 1 spiro atoms. The van der Waals surface area contributed by atoms with Crippen molar-refractivity contribution in [2.45, 2.75) is 69.6 Å². The number of alkyl halides is 6. The smallest absolute Gasteiger partial charge is 0.391 e. The highest BCUT2D eigenvalue weighted by molar-refractivity contribution is 5.97. The number of carbonyl (C=O) groups excluding carboxylic acids is 4. The number of β-amino-alcohol motifs (C(OH)–C–C–N with tert-alkyl or cyclic N) is 1. The average molecular weight is 608 g/mol. The third kappa shape index (κ3) is 6.42. The molecule has 1 saturated carbocycles. The number of aliphatic hydroxyl groups excluding tert-OH is 1. The number of carbonyl (C=O) groups is 4. The summed E-state index contributed by atoms with van der Waals surface area (Å²) < 4.78 is 79.1. The fourth-order valence-corrected chi connectivity index (χ4v) is 5.58. The van der Waals surface area contributed by atoms with E-state index < -0.39 is 71.7 Å². The number of primary amides is 1. The summed E-state index contributed by atoms with van der Waals surface area (Å²) in [6.45, 7) is 1.58. The molecule has 0 bridgehead atoms. The second-order valence-electron chi connectivity index (χ2n) is 11.0. The Kier molecular flexibility index (Phi) is 8.41. The molecule has 2 saturated heterocycles. The summed E-state index contributed by atoms with van der Waals surface area (Å²) in [7, 11) is 0. The van der Waals surface area contributed by atoms with Gasteiger partial charge in [-0.2, -0.15) is 26.3 Å². The highest BCUT2D eigenvalue weighted by atomic mass is 19.4.